The molecule has 0 amide bonds. The zero-order chi connectivity index (χ0) is 19.4. The zero-order valence-electron chi connectivity index (χ0n) is 14.7. The van der Waals surface area contributed by atoms with E-state index in [2.05, 4.69) is 41.2 Å². The van der Waals surface area contributed by atoms with Crippen LogP contribution in [0.4, 0.5) is 0 Å². The van der Waals surface area contributed by atoms with E-state index in [1.54, 1.807) is 6.92 Å². The highest BCUT2D eigenvalue weighted by molar-refractivity contribution is 9.10. The lowest BCUT2D eigenvalue weighted by Crippen LogP contribution is -2.26. The van der Waals surface area contributed by atoms with Crippen LogP contribution in [0.2, 0.25) is 0 Å². The molecule has 1 atom stereocenters. The van der Waals surface area contributed by atoms with Gasteiger partial charge in [0, 0.05) is 11.0 Å². The van der Waals surface area contributed by atoms with Gasteiger partial charge >= 0.3 is 11.9 Å². The lowest BCUT2D eigenvalue weighted by atomic mass is 10.0. The van der Waals surface area contributed by atoms with E-state index in [1.165, 1.54) is 5.56 Å². The average molecular weight is 420 g/mol. The molecule has 0 fully saturated rings. The summed E-state index contributed by atoms with van der Waals surface area (Å²) in [6.45, 7) is 8.29. The van der Waals surface area contributed by atoms with Gasteiger partial charge in [0.2, 0.25) is 0 Å². The first-order valence-corrected chi connectivity index (χ1v) is 8.71. The third-order valence-corrected chi connectivity index (χ3v) is 3.47. The van der Waals surface area contributed by atoms with Gasteiger partial charge in [0.15, 0.2) is 0 Å². The molecule has 0 aliphatic rings. The minimum atomic E-state index is -1.82. The largest absolute Gasteiger partial charge is 0.493 e. The Bertz CT molecular complexity index is 536. The number of benzene rings is 1. The number of carbonyl (C=O) groups is 2. The molecule has 1 aromatic rings. The Morgan fingerprint density at radius 3 is 2.28 bits per heavy atom. The van der Waals surface area contributed by atoms with Crippen LogP contribution in [-0.2, 0) is 9.59 Å². The maximum atomic E-state index is 9.11. The van der Waals surface area contributed by atoms with Gasteiger partial charge in [0.05, 0.1) is 12.7 Å². The standard InChI is InChI=1S/C15H24BrNO2.C2H2O4/c1-11(2)14-9-13(16)5-6-15(14)19-8-4-7-17-10-12(3)18;3-1(4)2(5)6/h5-6,9,11-12,17-18H,4,7-8,10H2,1-3H3;(H,3,4)(H,5,6). The molecule has 0 spiro atoms. The minimum Gasteiger partial charge on any atom is -0.493 e. The van der Waals surface area contributed by atoms with Crippen molar-refractivity contribution in [2.24, 2.45) is 0 Å². The Labute approximate surface area is 156 Å². The Balaban J connectivity index is 0.000000823. The lowest BCUT2D eigenvalue weighted by molar-refractivity contribution is -0.159. The van der Waals surface area contributed by atoms with E-state index in [0.717, 1.165) is 23.2 Å². The summed E-state index contributed by atoms with van der Waals surface area (Å²) in [5, 5.41) is 27.1. The quantitative estimate of drug-likeness (QED) is 0.377. The van der Waals surface area contributed by atoms with Crippen LogP contribution in [0.5, 0.6) is 5.75 Å². The number of hydrogen-bond acceptors (Lipinski definition) is 5. The van der Waals surface area contributed by atoms with E-state index in [9.17, 15) is 0 Å². The molecule has 0 aromatic heterocycles. The maximum Gasteiger partial charge on any atom is 0.414 e. The summed E-state index contributed by atoms with van der Waals surface area (Å²) in [6, 6.07) is 6.14. The number of aliphatic hydroxyl groups excluding tert-OH is 1. The van der Waals surface area contributed by atoms with E-state index in [1.807, 2.05) is 12.1 Å². The number of ether oxygens (including phenoxy) is 1. The van der Waals surface area contributed by atoms with E-state index in [4.69, 9.17) is 29.6 Å². The highest BCUT2D eigenvalue weighted by atomic mass is 79.9. The topological polar surface area (TPSA) is 116 Å². The lowest BCUT2D eigenvalue weighted by Gasteiger charge is -2.14. The molecule has 0 heterocycles. The van der Waals surface area contributed by atoms with E-state index >= 15 is 0 Å². The number of nitrogens with one attached hydrogen (secondary N) is 1. The molecule has 1 rings (SSSR count). The third kappa shape index (κ3) is 11.5. The van der Waals surface area contributed by atoms with Crippen LogP contribution >= 0.6 is 15.9 Å². The SMILES string of the molecule is CC(O)CNCCCOc1ccc(Br)cc1C(C)C.O=C(O)C(=O)O. The van der Waals surface area contributed by atoms with Gasteiger partial charge in [0.25, 0.3) is 0 Å². The van der Waals surface area contributed by atoms with E-state index in [0.29, 0.717) is 19.1 Å². The summed E-state index contributed by atoms with van der Waals surface area (Å²) < 4.78 is 6.92. The molecule has 0 bridgehead atoms. The fraction of sp³-hybridized carbons (Fsp3) is 0.529. The highest BCUT2D eigenvalue weighted by Gasteiger charge is 2.08. The molecule has 1 unspecified atom stereocenters. The van der Waals surface area contributed by atoms with Gasteiger partial charge in [-0.1, -0.05) is 29.8 Å². The molecule has 7 nitrogen and oxygen atoms in total. The van der Waals surface area contributed by atoms with Crippen molar-refractivity contribution in [1.82, 2.24) is 5.32 Å². The number of halogens is 1. The van der Waals surface area contributed by atoms with Crippen molar-refractivity contribution < 1.29 is 29.6 Å². The summed E-state index contributed by atoms with van der Waals surface area (Å²) in [5.74, 6) is -2.24. The smallest absolute Gasteiger partial charge is 0.414 e. The molecule has 0 aliphatic carbocycles. The average Bonchev–Trinajstić information content (AvgIpc) is 2.51. The first-order chi connectivity index (χ1) is 11.6. The fourth-order valence-electron chi connectivity index (χ4n) is 1.79. The Morgan fingerprint density at radius 1 is 1.20 bits per heavy atom. The van der Waals surface area contributed by atoms with Gasteiger partial charge in [0.1, 0.15) is 5.75 Å². The summed E-state index contributed by atoms with van der Waals surface area (Å²) in [7, 11) is 0. The second-order valence-corrected chi connectivity index (χ2v) is 6.62. The predicted octanol–water partition coefficient (Wildman–Crippen LogP) is 2.47. The molecular formula is C17H26BrNO6. The number of carboxylic acid groups (broad SMARTS) is 2. The van der Waals surface area contributed by atoms with Crippen molar-refractivity contribution >= 4 is 27.9 Å². The normalized spacial score (nSPS) is 11.4. The molecule has 142 valence electrons. The van der Waals surface area contributed by atoms with Crippen molar-refractivity contribution in [1.29, 1.82) is 0 Å². The first-order valence-electron chi connectivity index (χ1n) is 7.92. The molecule has 0 aliphatic heterocycles. The maximum absolute atomic E-state index is 9.11. The van der Waals surface area contributed by atoms with Gasteiger partial charge in [-0.05, 0) is 49.6 Å². The number of aliphatic hydroxyl groups is 1. The Hall–Kier alpha value is -1.64. The second kappa shape index (κ2) is 12.7. The zero-order valence-corrected chi connectivity index (χ0v) is 16.2. The fourth-order valence-corrected chi connectivity index (χ4v) is 2.17. The molecule has 4 N–H and O–H groups in total. The van der Waals surface area contributed by atoms with Crippen LogP contribution in [0.15, 0.2) is 22.7 Å². The van der Waals surface area contributed by atoms with Crippen LogP contribution in [-0.4, -0.2) is 53.1 Å². The Morgan fingerprint density at radius 2 is 1.80 bits per heavy atom. The van der Waals surface area contributed by atoms with Crippen molar-refractivity contribution in [2.45, 2.75) is 39.2 Å². The van der Waals surface area contributed by atoms with Gasteiger partial charge in [-0.15, -0.1) is 0 Å². The number of hydrogen-bond donors (Lipinski definition) is 4. The highest BCUT2D eigenvalue weighted by Crippen LogP contribution is 2.29. The summed E-state index contributed by atoms with van der Waals surface area (Å²) in [4.78, 5) is 18.2. The Kier molecular flexibility index (Phi) is 11.9. The molecule has 0 saturated carbocycles. The monoisotopic (exact) mass is 419 g/mol. The van der Waals surface area contributed by atoms with Crippen molar-refractivity contribution in [3.05, 3.63) is 28.2 Å². The van der Waals surface area contributed by atoms with Crippen LogP contribution < -0.4 is 10.1 Å². The van der Waals surface area contributed by atoms with Crippen molar-refractivity contribution in [2.75, 3.05) is 19.7 Å². The van der Waals surface area contributed by atoms with Gasteiger partial charge in [-0.25, -0.2) is 9.59 Å². The molecule has 25 heavy (non-hydrogen) atoms. The van der Waals surface area contributed by atoms with Crippen molar-refractivity contribution in [3.8, 4) is 5.75 Å². The first kappa shape index (κ1) is 23.4. The molecule has 0 radical (unpaired) electrons. The van der Waals surface area contributed by atoms with Crippen LogP contribution in [0, 0.1) is 0 Å². The number of aliphatic carboxylic acids is 2. The molecule has 1 aromatic carbocycles. The third-order valence-electron chi connectivity index (χ3n) is 2.97. The van der Waals surface area contributed by atoms with Gasteiger partial charge in [-0.2, -0.15) is 0 Å². The molecule has 0 saturated heterocycles. The number of rotatable bonds is 8. The van der Waals surface area contributed by atoms with Crippen LogP contribution in [0.1, 0.15) is 38.7 Å². The van der Waals surface area contributed by atoms with Crippen LogP contribution in [0.25, 0.3) is 0 Å². The number of carboxylic acids is 2. The second-order valence-electron chi connectivity index (χ2n) is 5.70. The van der Waals surface area contributed by atoms with E-state index < -0.39 is 11.9 Å². The predicted molar refractivity (Wildman–Crippen MR) is 98.2 cm³/mol. The van der Waals surface area contributed by atoms with Gasteiger partial charge < -0.3 is 25.4 Å². The van der Waals surface area contributed by atoms with E-state index in [-0.39, 0.29) is 6.10 Å². The summed E-state index contributed by atoms with van der Waals surface area (Å²) in [6.07, 6.45) is 0.639. The van der Waals surface area contributed by atoms with Crippen molar-refractivity contribution in [3.63, 3.8) is 0 Å². The molecule has 8 heteroatoms. The minimum absolute atomic E-state index is 0.292. The summed E-state index contributed by atoms with van der Waals surface area (Å²) >= 11 is 3.49. The molecular weight excluding hydrogens is 394 g/mol. The summed E-state index contributed by atoms with van der Waals surface area (Å²) in [5.41, 5.74) is 1.23. The van der Waals surface area contributed by atoms with Gasteiger partial charge in [-0.3, -0.25) is 0 Å². The van der Waals surface area contributed by atoms with Crippen LogP contribution in [0.3, 0.4) is 0 Å².